The molecule has 0 aromatic heterocycles. The molecule has 4 heteroatoms. The summed E-state index contributed by atoms with van der Waals surface area (Å²) in [7, 11) is 0. The Morgan fingerprint density at radius 1 is 1.16 bits per heavy atom. The van der Waals surface area contributed by atoms with Crippen LogP contribution in [-0.2, 0) is 17.8 Å². The van der Waals surface area contributed by atoms with E-state index >= 15 is 0 Å². The quantitative estimate of drug-likeness (QED) is 0.689. The first kappa shape index (κ1) is 16.8. The molecule has 0 fully saturated rings. The van der Waals surface area contributed by atoms with Crippen molar-refractivity contribution in [3.8, 4) is 6.07 Å². The van der Waals surface area contributed by atoms with E-state index in [0.29, 0.717) is 0 Å². The van der Waals surface area contributed by atoms with Gasteiger partial charge in [-0.3, -0.25) is 4.79 Å². The van der Waals surface area contributed by atoms with Crippen molar-refractivity contribution in [2.45, 2.75) is 26.8 Å². The highest BCUT2D eigenvalue weighted by Gasteiger charge is 2.17. The normalized spacial score (nSPS) is 13.8. The summed E-state index contributed by atoms with van der Waals surface area (Å²) in [4.78, 5) is 14.5. The average molecular weight is 331 g/mol. The van der Waals surface area contributed by atoms with Crippen molar-refractivity contribution < 1.29 is 4.79 Å². The zero-order chi connectivity index (χ0) is 17.8. The van der Waals surface area contributed by atoms with Crippen LogP contribution >= 0.6 is 0 Å². The number of hydrogen-bond acceptors (Lipinski definition) is 3. The van der Waals surface area contributed by atoms with E-state index in [1.165, 1.54) is 11.1 Å². The molecule has 4 nitrogen and oxygen atoms in total. The number of carbonyl (C=O) groups excluding carboxylic acids is 1. The van der Waals surface area contributed by atoms with E-state index in [4.69, 9.17) is 0 Å². The zero-order valence-electron chi connectivity index (χ0n) is 14.5. The van der Waals surface area contributed by atoms with E-state index in [1.807, 2.05) is 55.1 Å². The maximum absolute atomic E-state index is 12.5. The summed E-state index contributed by atoms with van der Waals surface area (Å²) in [6.45, 7) is 5.48. The van der Waals surface area contributed by atoms with E-state index in [9.17, 15) is 10.1 Å². The fourth-order valence-corrected chi connectivity index (χ4v) is 3.02. The molecule has 2 aromatic carbocycles. The average Bonchev–Trinajstić information content (AvgIpc) is 2.63. The SMILES string of the molecule is Cc1cccc(NC(=O)/C(C#N)=C\N2CCc3ccccc3C2)c1C. The molecule has 0 spiro atoms. The molecule has 0 saturated carbocycles. The molecule has 1 heterocycles. The third-order valence-electron chi connectivity index (χ3n) is 4.69. The summed E-state index contributed by atoms with van der Waals surface area (Å²) in [6.07, 6.45) is 2.60. The van der Waals surface area contributed by atoms with Crippen molar-refractivity contribution in [1.82, 2.24) is 4.90 Å². The van der Waals surface area contributed by atoms with Crippen LogP contribution in [0.3, 0.4) is 0 Å². The predicted octanol–water partition coefficient (Wildman–Crippen LogP) is 3.71. The highest BCUT2D eigenvalue weighted by Crippen LogP contribution is 2.21. The minimum Gasteiger partial charge on any atom is -0.371 e. The van der Waals surface area contributed by atoms with E-state index < -0.39 is 0 Å². The first-order valence-electron chi connectivity index (χ1n) is 8.39. The van der Waals surface area contributed by atoms with Gasteiger partial charge < -0.3 is 10.2 Å². The van der Waals surface area contributed by atoms with E-state index in [-0.39, 0.29) is 11.5 Å². The number of nitrogens with zero attached hydrogens (tertiary/aromatic N) is 2. The molecular weight excluding hydrogens is 310 g/mol. The van der Waals surface area contributed by atoms with Crippen LogP contribution in [0.5, 0.6) is 0 Å². The van der Waals surface area contributed by atoms with Crippen molar-refractivity contribution in [1.29, 1.82) is 5.26 Å². The molecule has 126 valence electrons. The third kappa shape index (κ3) is 3.72. The van der Waals surface area contributed by atoms with E-state index in [0.717, 1.165) is 36.3 Å². The Hall–Kier alpha value is -3.06. The number of benzene rings is 2. The summed E-state index contributed by atoms with van der Waals surface area (Å²) in [5.41, 5.74) is 5.58. The monoisotopic (exact) mass is 331 g/mol. The number of fused-ring (bicyclic) bond motifs is 1. The summed E-state index contributed by atoms with van der Waals surface area (Å²) < 4.78 is 0. The topological polar surface area (TPSA) is 56.1 Å². The van der Waals surface area contributed by atoms with E-state index in [1.54, 1.807) is 6.20 Å². The lowest BCUT2D eigenvalue weighted by molar-refractivity contribution is -0.112. The molecule has 1 N–H and O–H groups in total. The molecule has 0 atom stereocenters. The molecule has 2 aromatic rings. The number of hydrogen-bond donors (Lipinski definition) is 1. The molecule has 1 aliphatic rings. The lowest BCUT2D eigenvalue weighted by Gasteiger charge is -2.27. The van der Waals surface area contributed by atoms with Gasteiger partial charge in [-0.15, -0.1) is 0 Å². The van der Waals surface area contributed by atoms with Gasteiger partial charge >= 0.3 is 0 Å². The molecular formula is C21H21N3O. The fraction of sp³-hybridized carbons (Fsp3) is 0.238. The highest BCUT2D eigenvalue weighted by atomic mass is 16.1. The summed E-state index contributed by atoms with van der Waals surface area (Å²) in [6, 6.07) is 16.1. The fourth-order valence-electron chi connectivity index (χ4n) is 3.02. The molecule has 0 bridgehead atoms. The summed E-state index contributed by atoms with van der Waals surface area (Å²) in [5.74, 6) is -0.366. The van der Waals surface area contributed by atoms with Crippen molar-refractivity contribution in [3.05, 3.63) is 76.5 Å². The van der Waals surface area contributed by atoms with Gasteiger partial charge in [0.15, 0.2) is 0 Å². The van der Waals surface area contributed by atoms with Crippen LogP contribution in [0.15, 0.2) is 54.2 Å². The van der Waals surface area contributed by atoms with Crippen LogP contribution in [0.25, 0.3) is 0 Å². The minimum absolute atomic E-state index is 0.125. The molecule has 1 aliphatic heterocycles. The Labute approximate surface area is 148 Å². The van der Waals surface area contributed by atoms with Gasteiger partial charge in [-0.2, -0.15) is 5.26 Å². The Balaban J connectivity index is 1.76. The van der Waals surface area contributed by atoms with Crippen LogP contribution in [0.1, 0.15) is 22.3 Å². The number of carbonyl (C=O) groups is 1. The smallest absolute Gasteiger partial charge is 0.267 e. The van der Waals surface area contributed by atoms with Gasteiger partial charge in [-0.05, 0) is 48.6 Å². The number of rotatable bonds is 3. The highest BCUT2D eigenvalue weighted by molar-refractivity contribution is 6.06. The van der Waals surface area contributed by atoms with Crippen LogP contribution in [-0.4, -0.2) is 17.4 Å². The Kier molecular flexibility index (Phi) is 4.85. The van der Waals surface area contributed by atoms with E-state index in [2.05, 4.69) is 17.4 Å². The maximum atomic E-state index is 12.5. The molecule has 0 unspecified atom stereocenters. The third-order valence-corrected chi connectivity index (χ3v) is 4.69. The van der Waals surface area contributed by atoms with Crippen molar-refractivity contribution in [2.75, 3.05) is 11.9 Å². The number of nitrogens with one attached hydrogen (secondary N) is 1. The Bertz CT molecular complexity index is 877. The predicted molar refractivity (Wildman–Crippen MR) is 98.8 cm³/mol. The second-order valence-electron chi connectivity index (χ2n) is 6.35. The van der Waals surface area contributed by atoms with Crippen LogP contribution in [0.2, 0.25) is 0 Å². The number of amides is 1. The molecule has 3 rings (SSSR count). The molecule has 0 radical (unpaired) electrons. The lowest BCUT2D eigenvalue weighted by Crippen LogP contribution is -2.27. The van der Waals surface area contributed by atoms with Gasteiger partial charge in [0, 0.05) is 25.0 Å². The Morgan fingerprint density at radius 3 is 2.68 bits per heavy atom. The van der Waals surface area contributed by atoms with Crippen molar-refractivity contribution in [3.63, 3.8) is 0 Å². The Morgan fingerprint density at radius 2 is 1.92 bits per heavy atom. The van der Waals surface area contributed by atoms with Gasteiger partial charge in [0.05, 0.1) is 0 Å². The van der Waals surface area contributed by atoms with Gasteiger partial charge in [-0.1, -0.05) is 36.4 Å². The molecule has 25 heavy (non-hydrogen) atoms. The van der Waals surface area contributed by atoms with Gasteiger partial charge in [0.25, 0.3) is 5.91 Å². The zero-order valence-corrected chi connectivity index (χ0v) is 14.5. The molecule has 1 amide bonds. The second-order valence-corrected chi connectivity index (χ2v) is 6.35. The standard InChI is InChI=1S/C21H21N3O/c1-15-6-5-9-20(16(15)2)23-21(25)19(12-22)14-24-11-10-17-7-3-4-8-18(17)13-24/h3-9,14H,10-11,13H2,1-2H3,(H,23,25)/b19-14-. The lowest BCUT2D eigenvalue weighted by atomic mass is 10.00. The minimum atomic E-state index is -0.366. The summed E-state index contributed by atoms with van der Waals surface area (Å²) >= 11 is 0. The first-order chi connectivity index (χ1) is 12.1. The summed E-state index contributed by atoms with van der Waals surface area (Å²) in [5, 5.41) is 12.3. The van der Waals surface area contributed by atoms with Gasteiger partial charge in [0.1, 0.15) is 11.6 Å². The first-order valence-corrected chi connectivity index (χ1v) is 8.39. The molecule has 0 saturated heterocycles. The number of nitriles is 1. The number of anilines is 1. The number of aryl methyl sites for hydroxylation is 1. The van der Waals surface area contributed by atoms with Gasteiger partial charge in [-0.25, -0.2) is 0 Å². The van der Waals surface area contributed by atoms with Crippen LogP contribution in [0, 0.1) is 25.2 Å². The second kappa shape index (κ2) is 7.23. The maximum Gasteiger partial charge on any atom is 0.267 e. The molecule has 0 aliphatic carbocycles. The van der Waals surface area contributed by atoms with Crippen molar-refractivity contribution in [2.24, 2.45) is 0 Å². The van der Waals surface area contributed by atoms with Crippen LogP contribution in [0.4, 0.5) is 5.69 Å². The largest absolute Gasteiger partial charge is 0.371 e. The van der Waals surface area contributed by atoms with Gasteiger partial charge in [0.2, 0.25) is 0 Å². The van der Waals surface area contributed by atoms with Crippen molar-refractivity contribution >= 4 is 11.6 Å². The van der Waals surface area contributed by atoms with Crippen LogP contribution < -0.4 is 5.32 Å².